The number of carbonyl (C=O) groups excluding carboxylic acids is 1. The van der Waals surface area contributed by atoms with E-state index in [1.54, 1.807) is 0 Å². The molecule has 16 heavy (non-hydrogen) atoms. The Labute approximate surface area is 106 Å². The third-order valence-electron chi connectivity index (χ3n) is 2.62. The molecule has 0 saturated carbocycles. The van der Waals surface area contributed by atoms with E-state index in [9.17, 15) is 4.79 Å². The van der Waals surface area contributed by atoms with Crippen LogP contribution < -0.4 is 5.32 Å². The van der Waals surface area contributed by atoms with E-state index in [0.717, 1.165) is 16.6 Å². The van der Waals surface area contributed by atoms with E-state index < -0.39 is 5.54 Å². The lowest BCUT2D eigenvalue weighted by Crippen LogP contribution is -2.47. The van der Waals surface area contributed by atoms with E-state index >= 15 is 0 Å². The number of likely N-dealkylation sites (N-methyl/N-ethyl adjacent to an activating group) is 1. The molecular weight excluding hydrogens is 266 g/mol. The smallest absolute Gasteiger partial charge is 0.156 e. The van der Waals surface area contributed by atoms with Gasteiger partial charge in [-0.25, -0.2) is 0 Å². The van der Waals surface area contributed by atoms with Crippen molar-refractivity contribution in [1.82, 2.24) is 5.32 Å². The van der Waals surface area contributed by atoms with E-state index in [2.05, 4.69) is 21.2 Å². The van der Waals surface area contributed by atoms with Crippen molar-refractivity contribution >= 4 is 21.7 Å². The van der Waals surface area contributed by atoms with Gasteiger partial charge in [0.2, 0.25) is 0 Å². The molecule has 0 fully saturated rings. The summed E-state index contributed by atoms with van der Waals surface area (Å²) >= 11 is 3.46. The molecule has 0 aliphatic heterocycles. The zero-order valence-electron chi connectivity index (χ0n) is 10.0. The number of nitrogens with one attached hydrogen (secondary N) is 1. The summed E-state index contributed by atoms with van der Waals surface area (Å²) < 4.78 is 0.996. The average molecular weight is 284 g/mol. The maximum atomic E-state index is 12.1. The minimum atomic E-state index is -0.454. The van der Waals surface area contributed by atoms with Gasteiger partial charge in [0.05, 0.1) is 5.54 Å². The van der Waals surface area contributed by atoms with Crippen LogP contribution in [0.4, 0.5) is 0 Å². The first-order valence-electron chi connectivity index (χ1n) is 5.49. The van der Waals surface area contributed by atoms with Crippen LogP contribution in [0, 0.1) is 0 Å². The highest BCUT2D eigenvalue weighted by Crippen LogP contribution is 2.18. The van der Waals surface area contributed by atoms with E-state index in [4.69, 9.17) is 0 Å². The molecular formula is C13H18BrNO. The topological polar surface area (TPSA) is 29.1 Å². The molecule has 88 valence electrons. The summed E-state index contributed by atoms with van der Waals surface area (Å²) in [6.45, 7) is 6.66. The molecule has 2 nitrogen and oxygen atoms in total. The van der Waals surface area contributed by atoms with Crippen molar-refractivity contribution in [3.63, 3.8) is 0 Å². The molecule has 0 aromatic heterocycles. The van der Waals surface area contributed by atoms with Gasteiger partial charge in [0.1, 0.15) is 0 Å². The lowest BCUT2D eigenvalue weighted by molar-refractivity contribution is -0.123. The molecule has 0 atom stereocenters. The Morgan fingerprint density at radius 3 is 2.56 bits per heavy atom. The standard InChI is InChI=1S/C13H18BrNO/c1-4-15-13(2,3)12(16)9-10-7-5-6-8-11(10)14/h5-8,15H,4,9H2,1-3H3. The van der Waals surface area contributed by atoms with Gasteiger partial charge in [-0.3, -0.25) is 4.79 Å². The van der Waals surface area contributed by atoms with E-state index in [-0.39, 0.29) is 5.78 Å². The van der Waals surface area contributed by atoms with Crippen molar-refractivity contribution in [3.05, 3.63) is 34.3 Å². The van der Waals surface area contributed by atoms with Crippen LogP contribution in [0.3, 0.4) is 0 Å². The lowest BCUT2D eigenvalue weighted by atomic mass is 9.93. The summed E-state index contributed by atoms with van der Waals surface area (Å²) in [5.74, 6) is 0.209. The van der Waals surface area contributed by atoms with Gasteiger partial charge in [-0.05, 0) is 32.0 Å². The van der Waals surface area contributed by atoms with Crippen LogP contribution in [0.2, 0.25) is 0 Å². The molecule has 0 bridgehead atoms. The molecule has 0 amide bonds. The fourth-order valence-electron chi connectivity index (χ4n) is 1.58. The molecule has 0 aliphatic carbocycles. The third kappa shape index (κ3) is 3.42. The summed E-state index contributed by atoms with van der Waals surface area (Å²) in [6.07, 6.45) is 0.460. The predicted octanol–water partition coefficient (Wildman–Crippen LogP) is 2.95. The molecule has 3 heteroatoms. The third-order valence-corrected chi connectivity index (χ3v) is 3.40. The van der Waals surface area contributed by atoms with E-state index in [0.29, 0.717) is 6.42 Å². The van der Waals surface area contributed by atoms with Gasteiger partial charge in [0.25, 0.3) is 0 Å². The molecule has 1 aromatic rings. The number of benzene rings is 1. The number of hydrogen-bond acceptors (Lipinski definition) is 2. The molecule has 1 rings (SSSR count). The quantitative estimate of drug-likeness (QED) is 0.900. The first-order valence-corrected chi connectivity index (χ1v) is 6.28. The molecule has 0 radical (unpaired) electrons. The first kappa shape index (κ1) is 13.4. The Morgan fingerprint density at radius 1 is 1.38 bits per heavy atom. The van der Waals surface area contributed by atoms with Gasteiger partial charge in [0.15, 0.2) is 5.78 Å². The van der Waals surface area contributed by atoms with Crippen LogP contribution >= 0.6 is 15.9 Å². The van der Waals surface area contributed by atoms with Crippen molar-refractivity contribution in [2.24, 2.45) is 0 Å². The number of halogens is 1. The summed E-state index contributed by atoms with van der Waals surface area (Å²) in [6, 6.07) is 7.84. The number of rotatable bonds is 5. The molecule has 0 unspecified atom stereocenters. The lowest BCUT2D eigenvalue weighted by Gasteiger charge is -2.24. The highest BCUT2D eigenvalue weighted by atomic mass is 79.9. The largest absolute Gasteiger partial charge is 0.306 e. The summed E-state index contributed by atoms with van der Waals surface area (Å²) in [5.41, 5.74) is 0.586. The highest BCUT2D eigenvalue weighted by molar-refractivity contribution is 9.10. The van der Waals surface area contributed by atoms with Gasteiger partial charge in [-0.1, -0.05) is 41.1 Å². The fourth-order valence-corrected chi connectivity index (χ4v) is 2.00. The van der Waals surface area contributed by atoms with Gasteiger partial charge in [-0.15, -0.1) is 0 Å². The maximum absolute atomic E-state index is 12.1. The minimum Gasteiger partial charge on any atom is -0.306 e. The second kappa shape index (κ2) is 5.60. The van der Waals surface area contributed by atoms with Crippen molar-refractivity contribution in [1.29, 1.82) is 0 Å². The molecule has 0 heterocycles. The van der Waals surface area contributed by atoms with Crippen LogP contribution in [-0.4, -0.2) is 17.9 Å². The highest BCUT2D eigenvalue weighted by Gasteiger charge is 2.26. The van der Waals surface area contributed by atoms with Crippen LogP contribution in [0.15, 0.2) is 28.7 Å². The Morgan fingerprint density at radius 2 is 2.00 bits per heavy atom. The molecule has 1 N–H and O–H groups in total. The number of hydrogen-bond donors (Lipinski definition) is 1. The van der Waals surface area contributed by atoms with Gasteiger partial charge in [0, 0.05) is 10.9 Å². The van der Waals surface area contributed by atoms with Crippen molar-refractivity contribution in [2.45, 2.75) is 32.7 Å². The Kier molecular flexibility index (Phi) is 4.69. The first-order chi connectivity index (χ1) is 7.47. The zero-order chi connectivity index (χ0) is 12.2. The number of ketones is 1. The normalized spacial score (nSPS) is 11.5. The minimum absolute atomic E-state index is 0.209. The Hall–Kier alpha value is -0.670. The van der Waals surface area contributed by atoms with Crippen molar-refractivity contribution in [2.75, 3.05) is 6.54 Å². The van der Waals surface area contributed by atoms with Crippen molar-refractivity contribution < 1.29 is 4.79 Å². The van der Waals surface area contributed by atoms with Crippen LogP contribution in [0.1, 0.15) is 26.3 Å². The van der Waals surface area contributed by atoms with E-state index in [1.165, 1.54) is 0 Å². The molecule has 0 spiro atoms. The van der Waals surface area contributed by atoms with Gasteiger partial charge < -0.3 is 5.32 Å². The second-order valence-corrected chi connectivity index (χ2v) is 5.20. The zero-order valence-corrected chi connectivity index (χ0v) is 11.6. The number of carbonyl (C=O) groups is 1. The Balaban J connectivity index is 2.75. The van der Waals surface area contributed by atoms with Crippen LogP contribution in [0.25, 0.3) is 0 Å². The maximum Gasteiger partial charge on any atom is 0.156 e. The molecule has 0 saturated heterocycles. The second-order valence-electron chi connectivity index (χ2n) is 4.35. The van der Waals surface area contributed by atoms with Crippen molar-refractivity contribution in [3.8, 4) is 0 Å². The summed E-state index contributed by atoms with van der Waals surface area (Å²) in [4.78, 5) is 12.1. The fraction of sp³-hybridized carbons (Fsp3) is 0.462. The SMILES string of the molecule is CCNC(C)(C)C(=O)Cc1ccccc1Br. The van der Waals surface area contributed by atoms with Crippen LogP contribution in [-0.2, 0) is 11.2 Å². The monoisotopic (exact) mass is 283 g/mol. The molecule has 1 aromatic carbocycles. The predicted molar refractivity (Wildman–Crippen MR) is 70.6 cm³/mol. The van der Waals surface area contributed by atoms with E-state index in [1.807, 2.05) is 45.0 Å². The summed E-state index contributed by atoms with van der Waals surface area (Å²) in [5, 5.41) is 3.20. The van der Waals surface area contributed by atoms with Gasteiger partial charge >= 0.3 is 0 Å². The van der Waals surface area contributed by atoms with Crippen LogP contribution in [0.5, 0.6) is 0 Å². The molecule has 0 aliphatic rings. The Bertz CT molecular complexity index is 374. The summed E-state index contributed by atoms with van der Waals surface area (Å²) in [7, 11) is 0. The van der Waals surface area contributed by atoms with Gasteiger partial charge in [-0.2, -0.15) is 0 Å². The number of Topliss-reactive ketones (excluding diaryl/α,β-unsaturated/α-hetero) is 1. The average Bonchev–Trinajstić information content (AvgIpc) is 2.21.